The molecule has 1 atom stereocenters. The average Bonchev–Trinajstić information content (AvgIpc) is 2.45. The van der Waals surface area contributed by atoms with Crippen LogP contribution in [0.3, 0.4) is 0 Å². The molecule has 0 saturated carbocycles. The van der Waals surface area contributed by atoms with Crippen LogP contribution in [-0.2, 0) is 9.53 Å². The lowest BCUT2D eigenvalue weighted by Gasteiger charge is -2.16. The molecule has 5 heteroatoms. The number of methoxy groups -OCH3 is 1. The molecular formula is C15H13Cl2NO2. The molecule has 0 unspecified atom stereocenters. The second kappa shape index (κ2) is 6.75. The molecule has 0 spiro atoms. The Morgan fingerprint density at radius 3 is 2.50 bits per heavy atom. The first-order valence-electron chi connectivity index (χ1n) is 5.95. The highest BCUT2D eigenvalue weighted by Crippen LogP contribution is 2.27. The van der Waals surface area contributed by atoms with Crippen LogP contribution in [0.2, 0.25) is 10.0 Å². The maximum Gasteiger partial charge on any atom is 0.258 e. The van der Waals surface area contributed by atoms with Crippen molar-refractivity contribution in [3.05, 3.63) is 64.1 Å². The molecule has 0 aliphatic carbocycles. The first-order chi connectivity index (χ1) is 9.61. The molecule has 2 aromatic rings. The molecular weight excluding hydrogens is 297 g/mol. The van der Waals surface area contributed by atoms with E-state index in [1.54, 1.807) is 18.2 Å². The number of amides is 1. The van der Waals surface area contributed by atoms with Crippen LogP contribution in [0.15, 0.2) is 48.5 Å². The Balaban J connectivity index is 2.20. The Morgan fingerprint density at radius 1 is 1.15 bits per heavy atom. The Kier molecular flexibility index (Phi) is 5.01. The van der Waals surface area contributed by atoms with E-state index in [9.17, 15) is 4.79 Å². The minimum absolute atomic E-state index is 0.303. The zero-order valence-electron chi connectivity index (χ0n) is 10.8. The summed E-state index contributed by atoms with van der Waals surface area (Å²) in [5.74, 6) is -0.303. The van der Waals surface area contributed by atoms with E-state index in [1.807, 2.05) is 30.3 Å². The number of rotatable bonds is 4. The van der Waals surface area contributed by atoms with E-state index >= 15 is 0 Å². The fourth-order valence-corrected chi connectivity index (χ4v) is 2.15. The van der Waals surface area contributed by atoms with E-state index < -0.39 is 6.10 Å². The number of nitrogens with one attached hydrogen (secondary N) is 1. The van der Waals surface area contributed by atoms with Gasteiger partial charge in [-0.15, -0.1) is 0 Å². The van der Waals surface area contributed by atoms with Gasteiger partial charge in [0.15, 0.2) is 6.10 Å². The van der Waals surface area contributed by atoms with Crippen molar-refractivity contribution in [3.63, 3.8) is 0 Å². The van der Waals surface area contributed by atoms with Crippen LogP contribution in [-0.4, -0.2) is 13.0 Å². The SMILES string of the molecule is CO[C@@H](C(=O)Nc1cc(Cl)ccc1Cl)c1ccccc1. The molecule has 0 radical (unpaired) electrons. The van der Waals surface area contributed by atoms with Crippen molar-refractivity contribution >= 4 is 34.8 Å². The minimum atomic E-state index is -0.703. The molecule has 0 fully saturated rings. The molecule has 20 heavy (non-hydrogen) atoms. The van der Waals surface area contributed by atoms with Crippen LogP contribution in [0.5, 0.6) is 0 Å². The van der Waals surface area contributed by atoms with Crippen molar-refractivity contribution in [2.45, 2.75) is 6.10 Å². The molecule has 0 aliphatic heterocycles. The average molecular weight is 310 g/mol. The molecule has 0 saturated heterocycles. The molecule has 104 valence electrons. The maximum absolute atomic E-state index is 12.3. The van der Waals surface area contributed by atoms with Crippen LogP contribution in [0.25, 0.3) is 0 Å². The van der Waals surface area contributed by atoms with Gasteiger partial charge in [-0.1, -0.05) is 53.5 Å². The predicted octanol–water partition coefficient (Wildman–Crippen LogP) is 4.32. The van der Waals surface area contributed by atoms with Gasteiger partial charge in [0.05, 0.1) is 10.7 Å². The van der Waals surface area contributed by atoms with Crippen LogP contribution in [0, 0.1) is 0 Å². The number of hydrogen-bond acceptors (Lipinski definition) is 2. The lowest BCUT2D eigenvalue weighted by molar-refractivity contribution is -0.126. The molecule has 0 bridgehead atoms. The maximum atomic E-state index is 12.3. The third kappa shape index (κ3) is 3.51. The number of hydrogen-bond donors (Lipinski definition) is 1. The smallest absolute Gasteiger partial charge is 0.258 e. The van der Waals surface area contributed by atoms with E-state index in [4.69, 9.17) is 27.9 Å². The van der Waals surface area contributed by atoms with Crippen molar-refractivity contribution in [1.29, 1.82) is 0 Å². The Hall–Kier alpha value is -1.55. The summed E-state index contributed by atoms with van der Waals surface area (Å²) in [4.78, 5) is 12.3. The van der Waals surface area contributed by atoms with Gasteiger partial charge in [-0.25, -0.2) is 0 Å². The topological polar surface area (TPSA) is 38.3 Å². The number of carbonyl (C=O) groups is 1. The normalized spacial score (nSPS) is 11.9. The van der Waals surface area contributed by atoms with Crippen LogP contribution >= 0.6 is 23.2 Å². The van der Waals surface area contributed by atoms with Gasteiger partial charge in [0.2, 0.25) is 0 Å². The second-order valence-corrected chi connectivity index (χ2v) is 4.98. The van der Waals surface area contributed by atoms with Gasteiger partial charge in [-0.2, -0.15) is 0 Å². The fourth-order valence-electron chi connectivity index (χ4n) is 1.81. The molecule has 3 nitrogen and oxygen atoms in total. The van der Waals surface area contributed by atoms with Crippen LogP contribution in [0.4, 0.5) is 5.69 Å². The molecule has 1 amide bonds. The fraction of sp³-hybridized carbons (Fsp3) is 0.133. The third-order valence-electron chi connectivity index (χ3n) is 2.76. The summed E-state index contributed by atoms with van der Waals surface area (Å²) in [7, 11) is 1.48. The molecule has 0 heterocycles. The summed E-state index contributed by atoms with van der Waals surface area (Å²) in [6.45, 7) is 0. The van der Waals surface area contributed by atoms with E-state index in [0.29, 0.717) is 15.7 Å². The molecule has 0 aromatic heterocycles. The summed E-state index contributed by atoms with van der Waals surface area (Å²) in [6.07, 6.45) is -0.703. The number of halogens is 2. The highest BCUT2D eigenvalue weighted by atomic mass is 35.5. The zero-order chi connectivity index (χ0) is 14.5. The number of anilines is 1. The lowest BCUT2D eigenvalue weighted by Crippen LogP contribution is -2.22. The van der Waals surface area contributed by atoms with Crippen molar-refractivity contribution < 1.29 is 9.53 Å². The summed E-state index contributed by atoms with van der Waals surface area (Å²) in [6, 6.07) is 14.1. The van der Waals surface area contributed by atoms with Crippen molar-refractivity contribution in [3.8, 4) is 0 Å². The van der Waals surface area contributed by atoms with E-state index in [0.717, 1.165) is 5.56 Å². The van der Waals surface area contributed by atoms with Gasteiger partial charge in [0, 0.05) is 12.1 Å². The lowest BCUT2D eigenvalue weighted by atomic mass is 10.1. The van der Waals surface area contributed by atoms with Gasteiger partial charge in [0.25, 0.3) is 5.91 Å². The van der Waals surface area contributed by atoms with Crippen molar-refractivity contribution in [2.24, 2.45) is 0 Å². The summed E-state index contributed by atoms with van der Waals surface area (Å²) in [5.41, 5.74) is 1.23. The van der Waals surface area contributed by atoms with Gasteiger partial charge in [0.1, 0.15) is 0 Å². The van der Waals surface area contributed by atoms with Crippen molar-refractivity contribution in [2.75, 3.05) is 12.4 Å². The highest BCUT2D eigenvalue weighted by Gasteiger charge is 2.20. The molecule has 1 N–H and O–H groups in total. The standard InChI is InChI=1S/C15H13Cl2NO2/c1-20-14(10-5-3-2-4-6-10)15(19)18-13-9-11(16)7-8-12(13)17/h2-9,14H,1H3,(H,18,19)/t14-/m1/s1. The highest BCUT2D eigenvalue weighted by molar-refractivity contribution is 6.35. The minimum Gasteiger partial charge on any atom is -0.367 e. The largest absolute Gasteiger partial charge is 0.367 e. The predicted molar refractivity (Wildman–Crippen MR) is 81.3 cm³/mol. The van der Waals surface area contributed by atoms with E-state index in [2.05, 4.69) is 5.32 Å². The number of benzene rings is 2. The third-order valence-corrected chi connectivity index (χ3v) is 3.33. The quantitative estimate of drug-likeness (QED) is 0.913. The summed E-state index contributed by atoms with van der Waals surface area (Å²) < 4.78 is 5.25. The first-order valence-corrected chi connectivity index (χ1v) is 6.71. The summed E-state index contributed by atoms with van der Waals surface area (Å²) in [5, 5.41) is 3.64. The second-order valence-electron chi connectivity index (χ2n) is 4.14. The summed E-state index contributed by atoms with van der Waals surface area (Å²) >= 11 is 11.9. The Morgan fingerprint density at radius 2 is 1.85 bits per heavy atom. The monoisotopic (exact) mass is 309 g/mol. The van der Waals surface area contributed by atoms with Gasteiger partial charge >= 0.3 is 0 Å². The van der Waals surface area contributed by atoms with E-state index in [1.165, 1.54) is 7.11 Å². The van der Waals surface area contributed by atoms with E-state index in [-0.39, 0.29) is 5.91 Å². The van der Waals surface area contributed by atoms with Crippen molar-refractivity contribution in [1.82, 2.24) is 0 Å². The molecule has 2 rings (SSSR count). The van der Waals surface area contributed by atoms with Gasteiger partial charge < -0.3 is 10.1 Å². The number of ether oxygens (including phenoxy) is 1. The van der Waals surface area contributed by atoms with Crippen LogP contribution in [0.1, 0.15) is 11.7 Å². The molecule has 2 aromatic carbocycles. The first kappa shape index (κ1) is 14.9. The Labute approximate surface area is 127 Å². The molecule has 0 aliphatic rings. The van der Waals surface area contributed by atoms with Crippen LogP contribution < -0.4 is 5.32 Å². The van der Waals surface area contributed by atoms with Gasteiger partial charge in [-0.05, 0) is 23.8 Å². The van der Waals surface area contributed by atoms with Gasteiger partial charge in [-0.3, -0.25) is 4.79 Å². The Bertz CT molecular complexity index is 602. The zero-order valence-corrected chi connectivity index (χ0v) is 12.3. The number of carbonyl (C=O) groups excluding carboxylic acids is 1.